The molecule has 0 bridgehead atoms. The lowest BCUT2D eigenvalue weighted by atomic mass is 10.1. The molecule has 5 nitrogen and oxygen atoms in total. The van der Waals surface area contributed by atoms with Gasteiger partial charge in [0.05, 0.1) is 21.3 Å². The van der Waals surface area contributed by atoms with Crippen molar-refractivity contribution < 1.29 is 19.0 Å². The van der Waals surface area contributed by atoms with Crippen LogP contribution in [0.1, 0.15) is 18.9 Å². The van der Waals surface area contributed by atoms with E-state index in [2.05, 4.69) is 5.32 Å². The largest absolute Gasteiger partial charge is 0.493 e. The Bertz CT molecular complexity index is 458. The average Bonchev–Trinajstić information content (AvgIpc) is 2.49. The molecule has 1 N–H and O–H groups in total. The van der Waals surface area contributed by atoms with Crippen LogP contribution in [0.25, 0.3) is 6.08 Å². The van der Waals surface area contributed by atoms with Crippen molar-refractivity contribution in [1.29, 1.82) is 0 Å². The highest BCUT2D eigenvalue weighted by molar-refractivity contribution is 5.91. The molecule has 1 amide bonds. The maximum Gasteiger partial charge on any atom is 0.243 e. The molecular formula is C15H21NO4. The molecule has 0 aliphatic carbocycles. The predicted molar refractivity (Wildman–Crippen MR) is 78.4 cm³/mol. The number of hydrogen-bond donors (Lipinski definition) is 1. The number of carbonyl (C=O) groups excluding carboxylic acids is 1. The summed E-state index contributed by atoms with van der Waals surface area (Å²) in [6.07, 6.45) is 4.09. The number of ether oxygens (including phenoxy) is 3. The van der Waals surface area contributed by atoms with Crippen LogP contribution >= 0.6 is 0 Å². The van der Waals surface area contributed by atoms with Gasteiger partial charge >= 0.3 is 0 Å². The zero-order valence-corrected chi connectivity index (χ0v) is 12.4. The van der Waals surface area contributed by atoms with Crippen molar-refractivity contribution in [3.63, 3.8) is 0 Å². The molecule has 0 radical (unpaired) electrons. The Morgan fingerprint density at radius 3 is 2.20 bits per heavy atom. The summed E-state index contributed by atoms with van der Waals surface area (Å²) in [4.78, 5) is 11.5. The van der Waals surface area contributed by atoms with E-state index in [-0.39, 0.29) is 5.91 Å². The standard InChI is InChI=1S/C15H21NO4/c1-5-8-16-14(17)7-6-11-9-12(18-2)15(20-4)13(10-11)19-3/h6-7,9-10H,5,8H2,1-4H3,(H,16,17)/b7-6+. The first kappa shape index (κ1) is 15.9. The molecule has 0 aromatic heterocycles. The maximum absolute atomic E-state index is 11.5. The average molecular weight is 279 g/mol. The summed E-state index contributed by atoms with van der Waals surface area (Å²) in [6, 6.07) is 3.57. The van der Waals surface area contributed by atoms with Gasteiger partial charge in [-0.3, -0.25) is 4.79 Å². The van der Waals surface area contributed by atoms with Gasteiger partial charge in [0.15, 0.2) is 11.5 Å². The molecule has 20 heavy (non-hydrogen) atoms. The van der Waals surface area contributed by atoms with Gasteiger partial charge in [-0.15, -0.1) is 0 Å². The molecule has 0 heterocycles. The molecule has 110 valence electrons. The van der Waals surface area contributed by atoms with E-state index >= 15 is 0 Å². The van der Waals surface area contributed by atoms with Gasteiger partial charge in [0.25, 0.3) is 0 Å². The predicted octanol–water partition coefficient (Wildman–Crippen LogP) is 2.25. The molecular weight excluding hydrogens is 258 g/mol. The highest BCUT2D eigenvalue weighted by Crippen LogP contribution is 2.38. The van der Waals surface area contributed by atoms with Crippen molar-refractivity contribution in [2.24, 2.45) is 0 Å². The topological polar surface area (TPSA) is 56.8 Å². The second-order valence-electron chi connectivity index (χ2n) is 4.08. The summed E-state index contributed by atoms with van der Waals surface area (Å²) in [7, 11) is 4.66. The summed E-state index contributed by atoms with van der Waals surface area (Å²) in [5.74, 6) is 1.52. The Hall–Kier alpha value is -2.17. The first-order valence-corrected chi connectivity index (χ1v) is 6.42. The van der Waals surface area contributed by atoms with E-state index in [1.54, 1.807) is 39.5 Å². The van der Waals surface area contributed by atoms with Gasteiger partial charge in [-0.1, -0.05) is 6.92 Å². The Morgan fingerprint density at radius 1 is 1.15 bits per heavy atom. The smallest absolute Gasteiger partial charge is 0.243 e. The molecule has 0 unspecified atom stereocenters. The lowest BCUT2D eigenvalue weighted by molar-refractivity contribution is -0.116. The first-order valence-electron chi connectivity index (χ1n) is 6.42. The number of amides is 1. The van der Waals surface area contributed by atoms with Gasteiger partial charge < -0.3 is 19.5 Å². The molecule has 1 rings (SSSR count). The van der Waals surface area contributed by atoms with Crippen LogP contribution in [0.3, 0.4) is 0 Å². The number of carbonyl (C=O) groups is 1. The van der Waals surface area contributed by atoms with E-state index in [1.807, 2.05) is 6.92 Å². The van der Waals surface area contributed by atoms with Crippen LogP contribution in [0.15, 0.2) is 18.2 Å². The lowest BCUT2D eigenvalue weighted by Gasteiger charge is -2.12. The van der Waals surface area contributed by atoms with E-state index in [1.165, 1.54) is 6.08 Å². The quantitative estimate of drug-likeness (QED) is 0.778. The first-order chi connectivity index (χ1) is 9.65. The van der Waals surface area contributed by atoms with E-state index in [0.717, 1.165) is 12.0 Å². The molecule has 0 fully saturated rings. The zero-order chi connectivity index (χ0) is 15.0. The molecule has 1 aromatic rings. The molecule has 0 spiro atoms. The summed E-state index contributed by atoms with van der Waals surface area (Å²) >= 11 is 0. The van der Waals surface area contributed by atoms with Crippen LogP contribution in [-0.2, 0) is 4.79 Å². The SMILES string of the molecule is CCCNC(=O)/C=C/c1cc(OC)c(OC)c(OC)c1. The molecule has 0 atom stereocenters. The summed E-state index contributed by atoms with van der Waals surface area (Å²) < 4.78 is 15.7. The second-order valence-corrected chi connectivity index (χ2v) is 4.08. The van der Waals surface area contributed by atoms with Crippen LogP contribution in [0, 0.1) is 0 Å². The third-order valence-corrected chi connectivity index (χ3v) is 2.66. The Kier molecular flexibility index (Phi) is 6.43. The highest BCUT2D eigenvalue weighted by Gasteiger charge is 2.12. The third kappa shape index (κ3) is 4.19. The fourth-order valence-corrected chi connectivity index (χ4v) is 1.68. The van der Waals surface area contributed by atoms with Crippen LogP contribution in [-0.4, -0.2) is 33.8 Å². The molecule has 0 aliphatic heterocycles. The molecule has 0 aliphatic rings. The van der Waals surface area contributed by atoms with Crippen LogP contribution in [0.4, 0.5) is 0 Å². The monoisotopic (exact) mass is 279 g/mol. The Morgan fingerprint density at radius 2 is 1.75 bits per heavy atom. The summed E-state index contributed by atoms with van der Waals surface area (Å²) in [5.41, 5.74) is 0.797. The number of nitrogens with one attached hydrogen (secondary N) is 1. The highest BCUT2D eigenvalue weighted by atomic mass is 16.5. The van der Waals surface area contributed by atoms with Crippen LogP contribution in [0.2, 0.25) is 0 Å². The third-order valence-electron chi connectivity index (χ3n) is 2.66. The number of rotatable bonds is 7. The fraction of sp³-hybridized carbons (Fsp3) is 0.400. The Labute approximate surface area is 119 Å². The van der Waals surface area contributed by atoms with Crippen molar-refractivity contribution >= 4 is 12.0 Å². The lowest BCUT2D eigenvalue weighted by Crippen LogP contribution is -2.21. The zero-order valence-electron chi connectivity index (χ0n) is 12.4. The molecule has 1 aromatic carbocycles. The van der Waals surface area contributed by atoms with Crippen molar-refractivity contribution in [3.05, 3.63) is 23.8 Å². The number of benzene rings is 1. The minimum absolute atomic E-state index is 0.124. The second kappa shape index (κ2) is 8.09. The van der Waals surface area contributed by atoms with Gasteiger partial charge in [0.2, 0.25) is 11.7 Å². The van der Waals surface area contributed by atoms with Gasteiger partial charge in [-0.25, -0.2) is 0 Å². The van der Waals surface area contributed by atoms with Crippen molar-refractivity contribution in [3.8, 4) is 17.2 Å². The van der Waals surface area contributed by atoms with E-state index in [4.69, 9.17) is 14.2 Å². The fourth-order valence-electron chi connectivity index (χ4n) is 1.68. The van der Waals surface area contributed by atoms with Crippen LogP contribution < -0.4 is 19.5 Å². The summed E-state index contributed by atoms with van der Waals surface area (Å²) in [6.45, 7) is 2.67. The van der Waals surface area contributed by atoms with Crippen LogP contribution in [0.5, 0.6) is 17.2 Å². The molecule has 5 heteroatoms. The summed E-state index contributed by atoms with van der Waals surface area (Å²) in [5, 5.41) is 2.77. The van der Waals surface area contributed by atoms with Gasteiger partial charge in [-0.2, -0.15) is 0 Å². The molecule has 0 saturated carbocycles. The molecule has 0 saturated heterocycles. The maximum atomic E-state index is 11.5. The van der Waals surface area contributed by atoms with Crippen molar-refractivity contribution in [1.82, 2.24) is 5.32 Å². The normalized spacial score (nSPS) is 10.4. The van der Waals surface area contributed by atoms with Crippen molar-refractivity contribution in [2.45, 2.75) is 13.3 Å². The van der Waals surface area contributed by atoms with E-state index in [9.17, 15) is 4.79 Å². The Balaban J connectivity index is 2.96. The van der Waals surface area contributed by atoms with Gasteiger partial charge in [-0.05, 0) is 30.2 Å². The van der Waals surface area contributed by atoms with Crippen molar-refractivity contribution in [2.75, 3.05) is 27.9 Å². The number of methoxy groups -OCH3 is 3. The minimum atomic E-state index is -0.124. The van der Waals surface area contributed by atoms with E-state index < -0.39 is 0 Å². The minimum Gasteiger partial charge on any atom is -0.493 e. The van der Waals surface area contributed by atoms with Gasteiger partial charge in [0, 0.05) is 12.6 Å². The van der Waals surface area contributed by atoms with Gasteiger partial charge in [0.1, 0.15) is 0 Å². The van der Waals surface area contributed by atoms with E-state index in [0.29, 0.717) is 23.8 Å². The number of hydrogen-bond acceptors (Lipinski definition) is 4.